The summed E-state index contributed by atoms with van der Waals surface area (Å²) in [4.78, 5) is 0. The van der Waals surface area contributed by atoms with Gasteiger partial charge in [-0.15, -0.1) is 0 Å². The molecule has 0 N–H and O–H groups in total. The molecule has 0 aliphatic heterocycles. The zero-order valence-corrected chi connectivity index (χ0v) is 6.39. The van der Waals surface area contributed by atoms with E-state index < -0.39 is 0 Å². The first-order chi connectivity index (χ1) is 4.25. The summed E-state index contributed by atoms with van der Waals surface area (Å²) >= 11 is 12.0. The van der Waals surface area contributed by atoms with E-state index in [-0.39, 0.29) is 10.7 Å². The van der Waals surface area contributed by atoms with E-state index in [1.165, 1.54) is 0 Å². The predicted octanol–water partition coefficient (Wildman–Crippen LogP) is 2.32. The first-order valence-corrected chi connectivity index (χ1v) is 3.49. The molecule has 9 heavy (non-hydrogen) atoms. The summed E-state index contributed by atoms with van der Waals surface area (Å²) in [5.74, 6) is 0. The normalized spacial score (nSPS) is 9.00. The van der Waals surface area contributed by atoms with E-state index in [0.29, 0.717) is 4.34 Å². The minimum atomic E-state index is 0.201. The van der Waals surface area contributed by atoms with Crippen molar-refractivity contribution in [2.45, 2.75) is 0 Å². The molecule has 0 atom stereocenters. The fourth-order valence-corrected chi connectivity index (χ4v) is 1.24. The molecule has 0 aliphatic carbocycles. The number of hydrogen-bond acceptors (Lipinski definition) is 3. The summed E-state index contributed by atoms with van der Waals surface area (Å²) in [7, 11) is 0. The molecule has 1 heterocycles. The molecular weight excluding hydrogens is 179 g/mol. The van der Waals surface area contributed by atoms with Crippen LogP contribution >= 0.6 is 34.7 Å². The van der Waals surface area contributed by atoms with Gasteiger partial charge in [-0.1, -0.05) is 23.2 Å². The van der Waals surface area contributed by atoms with E-state index in [4.69, 9.17) is 28.5 Å². The molecule has 1 aromatic rings. The minimum absolute atomic E-state index is 0.201. The first kappa shape index (κ1) is 6.81. The van der Waals surface area contributed by atoms with Crippen LogP contribution in [-0.2, 0) is 0 Å². The third-order valence-corrected chi connectivity index (χ3v) is 2.31. The quantitative estimate of drug-likeness (QED) is 0.612. The highest BCUT2D eigenvalue weighted by Crippen LogP contribution is 2.28. The summed E-state index contributed by atoms with van der Waals surface area (Å²) < 4.78 is 4.02. The zero-order chi connectivity index (χ0) is 6.85. The van der Waals surface area contributed by atoms with Crippen LogP contribution in [0, 0.1) is 11.3 Å². The SMILES string of the molecule is N#Cc1nsc(Cl)c1Cl. The van der Waals surface area contributed by atoms with Crippen LogP contribution < -0.4 is 0 Å². The van der Waals surface area contributed by atoms with Gasteiger partial charge in [0.25, 0.3) is 0 Å². The Morgan fingerprint density at radius 1 is 1.56 bits per heavy atom. The molecule has 0 amide bonds. The molecule has 0 fully saturated rings. The highest BCUT2D eigenvalue weighted by molar-refractivity contribution is 7.11. The number of hydrogen-bond donors (Lipinski definition) is 0. The molecule has 0 aromatic carbocycles. The second-order valence-corrected chi connectivity index (χ2v) is 2.98. The van der Waals surface area contributed by atoms with Gasteiger partial charge in [-0.3, -0.25) is 0 Å². The summed E-state index contributed by atoms with van der Waals surface area (Å²) in [6.45, 7) is 0. The number of nitrogens with zero attached hydrogens (tertiary/aromatic N) is 2. The van der Waals surface area contributed by atoms with Crippen molar-refractivity contribution in [2.75, 3.05) is 0 Å². The Labute approximate surface area is 65.8 Å². The van der Waals surface area contributed by atoms with Crippen LogP contribution in [0.25, 0.3) is 0 Å². The zero-order valence-electron chi connectivity index (χ0n) is 4.06. The van der Waals surface area contributed by atoms with Crippen molar-refractivity contribution in [3.63, 3.8) is 0 Å². The van der Waals surface area contributed by atoms with Gasteiger partial charge in [0.2, 0.25) is 0 Å². The maximum absolute atomic E-state index is 8.28. The van der Waals surface area contributed by atoms with Gasteiger partial charge < -0.3 is 0 Å². The average molecular weight is 179 g/mol. The van der Waals surface area contributed by atoms with Crippen LogP contribution in [0.3, 0.4) is 0 Å². The standard InChI is InChI=1S/C4Cl2N2S/c5-3-2(1-7)8-9-4(3)6. The van der Waals surface area contributed by atoms with Crippen molar-refractivity contribution in [3.8, 4) is 6.07 Å². The van der Waals surface area contributed by atoms with Gasteiger partial charge in [0.05, 0.1) is 0 Å². The number of rotatable bonds is 0. The molecule has 0 saturated carbocycles. The number of halogens is 2. The van der Waals surface area contributed by atoms with E-state index in [9.17, 15) is 0 Å². The number of aromatic nitrogens is 1. The molecule has 0 radical (unpaired) electrons. The third-order valence-electron chi connectivity index (χ3n) is 0.703. The topological polar surface area (TPSA) is 36.7 Å². The Balaban J connectivity index is 3.24. The second kappa shape index (κ2) is 2.53. The maximum atomic E-state index is 8.28. The largest absolute Gasteiger partial charge is 0.191 e. The lowest BCUT2D eigenvalue weighted by atomic mass is 10.5. The Morgan fingerprint density at radius 3 is 2.44 bits per heavy atom. The third kappa shape index (κ3) is 1.16. The van der Waals surface area contributed by atoms with E-state index in [1.807, 2.05) is 0 Å². The van der Waals surface area contributed by atoms with Gasteiger partial charge in [0, 0.05) is 0 Å². The van der Waals surface area contributed by atoms with Crippen molar-refractivity contribution in [3.05, 3.63) is 15.1 Å². The predicted molar refractivity (Wildman–Crippen MR) is 36.8 cm³/mol. The Morgan fingerprint density at radius 2 is 2.22 bits per heavy atom. The lowest BCUT2D eigenvalue weighted by molar-refractivity contribution is 1.41. The first-order valence-electron chi connectivity index (χ1n) is 1.96. The molecular formula is C4Cl2N2S. The van der Waals surface area contributed by atoms with E-state index in [2.05, 4.69) is 4.37 Å². The summed E-state index contributed by atoms with van der Waals surface area (Å²) in [5, 5.41) is 8.54. The van der Waals surface area contributed by atoms with Crippen molar-refractivity contribution in [1.82, 2.24) is 4.37 Å². The monoisotopic (exact) mass is 178 g/mol. The van der Waals surface area contributed by atoms with Crippen molar-refractivity contribution < 1.29 is 0 Å². The molecule has 0 aliphatic rings. The van der Waals surface area contributed by atoms with Gasteiger partial charge >= 0.3 is 0 Å². The van der Waals surface area contributed by atoms with Gasteiger partial charge in [0.1, 0.15) is 15.4 Å². The van der Waals surface area contributed by atoms with E-state index in [0.717, 1.165) is 11.5 Å². The minimum Gasteiger partial charge on any atom is -0.191 e. The average Bonchev–Trinajstić information content (AvgIpc) is 2.15. The van der Waals surface area contributed by atoms with Crippen LogP contribution in [-0.4, -0.2) is 4.37 Å². The van der Waals surface area contributed by atoms with Crippen LogP contribution in [0.2, 0.25) is 9.36 Å². The van der Waals surface area contributed by atoms with Crippen LogP contribution in [0.15, 0.2) is 0 Å². The van der Waals surface area contributed by atoms with E-state index in [1.54, 1.807) is 6.07 Å². The molecule has 0 saturated heterocycles. The molecule has 46 valence electrons. The smallest absolute Gasteiger partial charge is 0.174 e. The summed E-state index contributed by atoms with van der Waals surface area (Å²) in [6, 6.07) is 1.80. The van der Waals surface area contributed by atoms with Crippen molar-refractivity contribution in [1.29, 1.82) is 5.26 Å². The van der Waals surface area contributed by atoms with Gasteiger partial charge in [-0.2, -0.15) is 9.64 Å². The summed E-state index contributed by atoms with van der Waals surface area (Å²) in [5.41, 5.74) is 0.201. The Hall–Kier alpha value is -0.300. The van der Waals surface area contributed by atoms with Crippen LogP contribution in [0.1, 0.15) is 5.69 Å². The fourth-order valence-electron chi connectivity index (χ4n) is 0.328. The van der Waals surface area contributed by atoms with Crippen molar-refractivity contribution in [2.24, 2.45) is 0 Å². The van der Waals surface area contributed by atoms with Gasteiger partial charge in [-0.25, -0.2) is 0 Å². The molecule has 1 rings (SSSR count). The summed E-state index contributed by atoms with van der Waals surface area (Å²) in [6.07, 6.45) is 0. The number of nitriles is 1. The Bertz CT molecular complexity index is 262. The molecule has 1 aromatic heterocycles. The molecule has 5 heteroatoms. The molecule has 2 nitrogen and oxygen atoms in total. The van der Waals surface area contributed by atoms with Crippen LogP contribution in [0.4, 0.5) is 0 Å². The molecule has 0 unspecified atom stereocenters. The van der Waals surface area contributed by atoms with Crippen LogP contribution in [0.5, 0.6) is 0 Å². The lowest BCUT2D eigenvalue weighted by Crippen LogP contribution is -1.68. The molecule has 0 bridgehead atoms. The van der Waals surface area contributed by atoms with E-state index >= 15 is 0 Å². The fraction of sp³-hybridized carbons (Fsp3) is 0. The van der Waals surface area contributed by atoms with Crippen molar-refractivity contribution >= 4 is 34.7 Å². The highest BCUT2D eigenvalue weighted by Gasteiger charge is 2.07. The Kier molecular flexibility index (Phi) is 1.91. The van der Waals surface area contributed by atoms with Gasteiger partial charge in [0.15, 0.2) is 5.69 Å². The lowest BCUT2D eigenvalue weighted by Gasteiger charge is -1.76. The highest BCUT2D eigenvalue weighted by atomic mass is 35.5. The second-order valence-electron chi connectivity index (χ2n) is 1.23. The van der Waals surface area contributed by atoms with Gasteiger partial charge in [-0.05, 0) is 11.5 Å². The molecule has 0 spiro atoms. The maximum Gasteiger partial charge on any atom is 0.174 e.